The van der Waals surface area contributed by atoms with Crippen molar-refractivity contribution in [2.45, 2.75) is 32.0 Å². The standard InChI is InChI=1S/C12H13F3N6O/c1-2-3-8(10-18-20-21-19-10)17-11(22)7-4-5-9(16-6-7)12(13,14)15/h4-6,8H,2-3H2,1H3,(H,17,22)(H,18,19,20,21)/t8-/m0/s1. The predicted molar refractivity (Wildman–Crippen MR) is 68.5 cm³/mol. The number of halogens is 3. The maximum Gasteiger partial charge on any atom is 0.433 e. The average molecular weight is 314 g/mol. The average Bonchev–Trinajstić information content (AvgIpc) is 3.00. The van der Waals surface area contributed by atoms with E-state index in [1.165, 1.54) is 0 Å². The number of H-pyrrole nitrogens is 1. The van der Waals surface area contributed by atoms with E-state index >= 15 is 0 Å². The molecule has 10 heteroatoms. The van der Waals surface area contributed by atoms with E-state index in [2.05, 4.69) is 30.9 Å². The van der Waals surface area contributed by atoms with Crippen LogP contribution in [0.3, 0.4) is 0 Å². The Labute approximate surface area is 123 Å². The first kappa shape index (κ1) is 15.9. The smallest absolute Gasteiger partial charge is 0.342 e. The molecule has 0 bridgehead atoms. The van der Waals surface area contributed by atoms with Crippen LogP contribution in [0.15, 0.2) is 18.3 Å². The normalized spacial score (nSPS) is 12.9. The zero-order valence-corrected chi connectivity index (χ0v) is 11.6. The van der Waals surface area contributed by atoms with Gasteiger partial charge in [0.2, 0.25) is 0 Å². The maximum absolute atomic E-state index is 12.4. The molecule has 0 saturated carbocycles. The highest BCUT2D eigenvalue weighted by molar-refractivity contribution is 5.94. The van der Waals surface area contributed by atoms with Gasteiger partial charge in [-0.15, -0.1) is 10.2 Å². The molecule has 0 aliphatic carbocycles. The van der Waals surface area contributed by atoms with Gasteiger partial charge in [0.15, 0.2) is 5.82 Å². The minimum absolute atomic E-state index is 0.0256. The summed E-state index contributed by atoms with van der Waals surface area (Å²) in [6.45, 7) is 1.92. The van der Waals surface area contributed by atoms with Gasteiger partial charge in [-0.2, -0.15) is 18.4 Å². The topological polar surface area (TPSA) is 96.5 Å². The van der Waals surface area contributed by atoms with Gasteiger partial charge < -0.3 is 5.32 Å². The molecule has 1 atom stereocenters. The molecule has 0 saturated heterocycles. The van der Waals surface area contributed by atoms with E-state index in [9.17, 15) is 18.0 Å². The van der Waals surface area contributed by atoms with Crippen LogP contribution in [0.4, 0.5) is 13.2 Å². The van der Waals surface area contributed by atoms with Crippen molar-refractivity contribution in [3.8, 4) is 0 Å². The fourth-order valence-corrected chi connectivity index (χ4v) is 1.81. The lowest BCUT2D eigenvalue weighted by Gasteiger charge is -2.14. The molecule has 2 aromatic heterocycles. The van der Waals surface area contributed by atoms with Crippen LogP contribution < -0.4 is 5.32 Å². The number of hydrogen-bond acceptors (Lipinski definition) is 5. The van der Waals surface area contributed by atoms with Crippen LogP contribution in [-0.4, -0.2) is 31.5 Å². The van der Waals surface area contributed by atoms with Crippen molar-refractivity contribution in [2.75, 3.05) is 0 Å². The summed E-state index contributed by atoms with van der Waals surface area (Å²) in [5, 5.41) is 16.0. The maximum atomic E-state index is 12.4. The second-order valence-corrected chi connectivity index (χ2v) is 4.51. The second-order valence-electron chi connectivity index (χ2n) is 4.51. The van der Waals surface area contributed by atoms with Gasteiger partial charge in [0.25, 0.3) is 5.91 Å². The summed E-state index contributed by atoms with van der Waals surface area (Å²) >= 11 is 0. The lowest BCUT2D eigenvalue weighted by Crippen LogP contribution is -2.29. The Bertz CT molecular complexity index is 611. The molecule has 2 aromatic rings. The van der Waals surface area contributed by atoms with Crippen molar-refractivity contribution in [3.05, 3.63) is 35.4 Å². The fraction of sp³-hybridized carbons (Fsp3) is 0.417. The van der Waals surface area contributed by atoms with Gasteiger partial charge in [-0.25, -0.2) is 0 Å². The molecule has 0 aromatic carbocycles. The van der Waals surface area contributed by atoms with E-state index in [0.717, 1.165) is 24.8 Å². The summed E-state index contributed by atoms with van der Waals surface area (Å²) in [5.74, 6) is -0.237. The van der Waals surface area contributed by atoms with Crippen LogP contribution in [0.5, 0.6) is 0 Å². The van der Waals surface area contributed by atoms with Crippen LogP contribution in [0.1, 0.15) is 47.7 Å². The number of carbonyl (C=O) groups excluding carboxylic acids is 1. The molecule has 0 fully saturated rings. The van der Waals surface area contributed by atoms with Crippen molar-refractivity contribution < 1.29 is 18.0 Å². The largest absolute Gasteiger partial charge is 0.433 e. The molecule has 2 heterocycles. The minimum atomic E-state index is -4.54. The number of nitrogens with one attached hydrogen (secondary N) is 2. The number of aromatic nitrogens is 5. The SMILES string of the molecule is CCC[C@H](NC(=O)c1ccc(C(F)(F)F)nc1)c1nn[nH]n1. The number of aromatic amines is 1. The molecule has 118 valence electrons. The van der Waals surface area contributed by atoms with Crippen LogP contribution in [0.2, 0.25) is 0 Å². The van der Waals surface area contributed by atoms with E-state index in [0.29, 0.717) is 12.2 Å². The van der Waals surface area contributed by atoms with Crippen LogP contribution in [0.25, 0.3) is 0 Å². The van der Waals surface area contributed by atoms with E-state index in [4.69, 9.17) is 0 Å². The molecule has 0 aliphatic heterocycles. The first-order valence-corrected chi connectivity index (χ1v) is 6.49. The highest BCUT2D eigenvalue weighted by atomic mass is 19.4. The molecule has 2 rings (SSSR count). The Morgan fingerprint density at radius 3 is 2.68 bits per heavy atom. The number of alkyl halides is 3. The van der Waals surface area contributed by atoms with Crippen LogP contribution >= 0.6 is 0 Å². The number of hydrogen-bond donors (Lipinski definition) is 2. The minimum Gasteiger partial charge on any atom is -0.342 e. The zero-order chi connectivity index (χ0) is 16.2. The summed E-state index contributed by atoms with van der Waals surface area (Å²) in [6.07, 6.45) is -2.33. The lowest BCUT2D eigenvalue weighted by atomic mass is 10.1. The summed E-state index contributed by atoms with van der Waals surface area (Å²) in [5.41, 5.74) is -1.02. The number of rotatable bonds is 5. The molecule has 2 N–H and O–H groups in total. The third-order valence-corrected chi connectivity index (χ3v) is 2.87. The summed E-state index contributed by atoms with van der Waals surface area (Å²) in [7, 11) is 0. The van der Waals surface area contributed by atoms with Crippen molar-refractivity contribution in [1.29, 1.82) is 0 Å². The molecule has 7 nitrogen and oxygen atoms in total. The van der Waals surface area contributed by atoms with Crippen molar-refractivity contribution in [2.24, 2.45) is 0 Å². The molecule has 1 amide bonds. The molecule has 0 radical (unpaired) electrons. The first-order chi connectivity index (χ1) is 10.4. The lowest BCUT2D eigenvalue weighted by molar-refractivity contribution is -0.141. The Hall–Kier alpha value is -2.52. The number of nitrogens with zero attached hydrogens (tertiary/aromatic N) is 4. The van der Waals surface area contributed by atoms with Crippen LogP contribution in [-0.2, 0) is 6.18 Å². The molecule has 0 unspecified atom stereocenters. The first-order valence-electron chi connectivity index (χ1n) is 6.49. The van der Waals surface area contributed by atoms with Gasteiger partial charge in [-0.3, -0.25) is 9.78 Å². The Morgan fingerprint density at radius 2 is 2.18 bits per heavy atom. The Morgan fingerprint density at radius 1 is 1.41 bits per heavy atom. The molecule has 22 heavy (non-hydrogen) atoms. The van der Waals surface area contributed by atoms with E-state index in [1.807, 2.05) is 6.92 Å². The third-order valence-electron chi connectivity index (χ3n) is 2.87. The monoisotopic (exact) mass is 314 g/mol. The summed E-state index contributed by atoms with van der Waals surface area (Å²) in [6, 6.07) is 1.36. The number of tetrazole rings is 1. The quantitative estimate of drug-likeness (QED) is 0.878. The highest BCUT2D eigenvalue weighted by Crippen LogP contribution is 2.27. The van der Waals surface area contributed by atoms with Crippen molar-refractivity contribution in [3.63, 3.8) is 0 Å². The third kappa shape index (κ3) is 3.77. The molecular weight excluding hydrogens is 301 g/mol. The second kappa shape index (κ2) is 6.50. The number of pyridine rings is 1. The highest BCUT2D eigenvalue weighted by Gasteiger charge is 2.32. The van der Waals surface area contributed by atoms with E-state index in [1.54, 1.807) is 0 Å². The Balaban J connectivity index is 2.10. The van der Waals surface area contributed by atoms with Gasteiger partial charge in [0.1, 0.15) is 5.69 Å². The number of amides is 1. The van der Waals surface area contributed by atoms with Crippen LogP contribution in [0, 0.1) is 0 Å². The van der Waals surface area contributed by atoms with Crippen molar-refractivity contribution in [1.82, 2.24) is 30.9 Å². The predicted octanol–water partition coefficient (Wildman–Crippen LogP) is 1.88. The van der Waals surface area contributed by atoms with Gasteiger partial charge in [0.05, 0.1) is 11.6 Å². The van der Waals surface area contributed by atoms with Gasteiger partial charge >= 0.3 is 6.18 Å². The van der Waals surface area contributed by atoms with Gasteiger partial charge in [0, 0.05) is 6.20 Å². The number of carbonyl (C=O) groups is 1. The fourth-order valence-electron chi connectivity index (χ4n) is 1.81. The summed E-state index contributed by atoms with van der Waals surface area (Å²) < 4.78 is 37.3. The summed E-state index contributed by atoms with van der Waals surface area (Å²) in [4.78, 5) is 15.3. The van der Waals surface area contributed by atoms with Gasteiger partial charge in [-0.1, -0.05) is 18.6 Å². The zero-order valence-electron chi connectivity index (χ0n) is 11.6. The molecular formula is C12H13F3N6O. The van der Waals surface area contributed by atoms with Gasteiger partial charge in [-0.05, 0) is 18.6 Å². The van der Waals surface area contributed by atoms with E-state index in [-0.39, 0.29) is 5.56 Å². The molecule has 0 aliphatic rings. The Kier molecular flexibility index (Phi) is 4.68. The van der Waals surface area contributed by atoms with E-state index < -0.39 is 23.8 Å². The molecule has 0 spiro atoms. The van der Waals surface area contributed by atoms with Crippen molar-refractivity contribution >= 4 is 5.91 Å².